The highest BCUT2D eigenvalue weighted by Gasteiger charge is 2.19. The van der Waals surface area contributed by atoms with Crippen LogP contribution in [0.15, 0.2) is 47.4 Å². The van der Waals surface area contributed by atoms with Crippen LogP contribution in [0.5, 0.6) is 11.5 Å². The Morgan fingerprint density at radius 3 is 2.62 bits per heavy atom. The monoisotopic (exact) mass is 373 g/mol. The number of fused-ring (bicyclic) bond motifs is 1. The summed E-state index contributed by atoms with van der Waals surface area (Å²) in [6, 6.07) is 12.5. The largest absolute Gasteiger partial charge is 0.454 e. The van der Waals surface area contributed by atoms with Crippen molar-refractivity contribution in [1.29, 1.82) is 0 Å². The van der Waals surface area contributed by atoms with E-state index in [9.17, 15) is 9.59 Å². The van der Waals surface area contributed by atoms with E-state index in [1.807, 2.05) is 30.5 Å². The third-order valence-electron chi connectivity index (χ3n) is 3.88. The number of benzene rings is 2. The Bertz CT molecular complexity index is 806. The molecule has 3 rings (SSSR count). The van der Waals surface area contributed by atoms with Crippen molar-refractivity contribution in [1.82, 2.24) is 5.32 Å². The molecule has 1 aliphatic heterocycles. The third kappa shape index (κ3) is 4.29. The lowest BCUT2D eigenvalue weighted by Crippen LogP contribution is -2.35. The van der Waals surface area contributed by atoms with Crippen LogP contribution in [0.25, 0.3) is 0 Å². The van der Waals surface area contributed by atoms with Crippen LogP contribution in [0.2, 0.25) is 0 Å². The third-order valence-corrected chi connectivity index (χ3v) is 4.63. The van der Waals surface area contributed by atoms with E-state index in [1.54, 1.807) is 36.9 Å². The van der Waals surface area contributed by atoms with Gasteiger partial charge in [-0.2, -0.15) is 0 Å². The van der Waals surface area contributed by atoms with Gasteiger partial charge in [0.1, 0.15) is 0 Å². The lowest BCUT2D eigenvalue weighted by Gasteiger charge is -2.14. The minimum atomic E-state index is -0.892. The summed E-state index contributed by atoms with van der Waals surface area (Å²) in [5, 5.41) is 2.75. The molecule has 1 N–H and O–H groups in total. The Kier molecular flexibility index (Phi) is 5.68. The second kappa shape index (κ2) is 8.14. The summed E-state index contributed by atoms with van der Waals surface area (Å²) in [5.41, 5.74) is 1.28. The van der Waals surface area contributed by atoms with Gasteiger partial charge in [0.2, 0.25) is 6.79 Å². The molecule has 0 spiro atoms. The molecule has 0 aromatic heterocycles. The predicted octanol–water partition coefficient (Wildman–Crippen LogP) is 3.00. The van der Waals surface area contributed by atoms with E-state index < -0.39 is 12.1 Å². The average Bonchev–Trinajstić information content (AvgIpc) is 3.13. The highest BCUT2D eigenvalue weighted by Crippen LogP contribution is 2.32. The van der Waals surface area contributed by atoms with Gasteiger partial charge in [0.05, 0.1) is 5.56 Å². The zero-order valence-electron chi connectivity index (χ0n) is 14.5. The molecule has 0 aliphatic carbocycles. The second-order valence-electron chi connectivity index (χ2n) is 5.68. The summed E-state index contributed by atoms with van der Waals surface area (Å²) >= 11 is 1.59. The predicted molar refractivity (Wildman–Crippen MR) is 97.5 cm³/mol. The van der Waals surface area contributed by atoms with Crippen LogP contribution < -0.4 is 14.8 Å². The van der Waals surface area contributed by atoms with Gasteiger partial charge in [-0.15, -0.1) is 11.8 Å². The molecular formula is C19H19NO5S. The summed E-state index contributed by atoms with van der Waals surface area (Å²) in [5.74, 6) is 0.458. The fourth-order valence-electron chi connectivity index (χ4n) is 2.39. The Morgan fingerprint density at radius 2 is 1.88 bits per heavy atom. The zero-order chi connectivity index (χ0) is 18.5. The first-order valence-corrected chi connectivity index (χ1v) is 9.30. The zero-order valence-corrected chi connectivity index (χ0v) is 15.3. The molecular weight excluding hydrogens is 354 g/mol. The SMILES string of the molecule is CSc1ccc(C(=O)O[C@H](C)C(=O)NCc2ccc3c(c2)OCO3)cc1. The first-order valence-electron chi connectivity index (χ1n) is 8.08. The van der Waals surface area contributed by atoms with Crippen molar-refractivity contribution < 1.29 is 23.8 Å². The maximum absolute atomic E-state index is 12.2. The molecule has 1 aliphatic rings. The standard InChI is InChI=1S/C19H19NO5S/c1-12(25-19(22)14-4-6-15(26-2)7-5-14)18(21)20-10-13-3-8-16-17(9-13)24-11-23-16/h3-9,12H,10-11H2,1-2H3,(H,20,21)/t12-/m1/s1. The summed E-state index contributed by atoms with van der Waals surface area (Å²) in [4.78, 5) is 25.3. The molecule has 2 aromatic carbocycles. The number of esters is 1. The van der Waals surface area contributed by atoms with E-state index in [2.05, 4.69) is 5.32 Å². The number of nitrogens with one attached hydrogen (secondary N) is 1. The van der Waals surface area contributed by atoms with Crippen LogP contribution in [0, 0.1) is 0 Å². The van der Waals surface area contributed by atoms with E-state index in [0.717, 1.165) is 10.5 Å². The highest BCUT2D eigenvalue weighted by molar-refractivity contribution is 7.98. The minimum Gasteiger partial charge on any atom is -0.454 e. The van der Waals surface area contributed by atoms with Crippen LogP contribution in [-0.4, -0.2) is 31.0 Å². The molecule has 1 atom stereocenters. The summed E-state index contributed by atoms with van der Waals surface area (Å²) in [7, 11) is 0. The number of rotatable bonds is 6. The Labute approximate surface area is 155 Å². The first kappa shape index (κ1) is 18.1. The van der Waals surface area contributed by atoms with Gasteiger partial charge in [0, 0.05) is 11.4 Å². The molecule has 26 heavy (non-hydrogen) atoms. The number of hydrogen-bond donors (Lipinski definition) is 1. The molecule has 2 aromatic rings. The van der Waals surface area contributed by atoms with E-state index in [1.165, 1.54) is 0 Å². The topological polar surface area (TPSA) is 73.9 Å². The summed E-state index contributed by atoms with van der Waals surface area (Å²) in [6.45, 7) is 2.05. The molecule has 0 bridgehead atoms. The molecule has 6 nitrogen and oxygen atoms in total. The number of amides is 1. The number of carbonyl (C=O) groups excluding carboxylic acids is 2. The van der Waals surface area contributed by atoms with Crippen molar-refractivity contribution in [3.8, 4) is 11.5 Å². The highest BCUT2D eigenvalue weighted by atomic mass is 32.2. The van der Waals surface area contributed by atoms with Gasteiger partial charge in [0.25, 0.3) is 5.91 Å². The number of carbonyl (C=O) groups is 2. The number of hydrogen-bond acceptors (Lipinski definition) is 6. The van der Waals surface area contributed by atoms with Crippen LogP contribution in [0.1, 0.15) is 22.8 Å². The van der Waals surface area contributed by atoms with Gasteiger partial charge >= 0.3 is 5.97 Å². The van der Waals surface area contributed by atoms with Crippen LogP contribution in [-0.2, 0) is 16.1 Å². The molecule has 7 heteroatoms. The van der Waals surface area contributed by atoms with E-state index in [4.69, 9.17) is 14.2 Å². The molecule has 0 saturated carbocycles. The van der Waals surface area contributed by atoms with Gasteiger partial charge < -0.3 is 19.5 Å². The molecule has 0 unspecified atom stereocenters. The maximum atomic E-state index is 12.2. The fraction of sp³-hybridized carbons (Fsp3) is 0.263. The molecule has 0 radical (unpaired) electrons. The molecule has 0 saturated heterocycles. The van der Waals surface area contributed by atoms with Gasteiger partial charge in [-0.05, 0) is 55.1 Å². The lowest BCUT2D eigenvalue weighted by molar-refractivity contribution is -0.129. The van der Waals surface area contributed by atoms with Gasteiger partial charge in [0.15, 0.2) is 17.6 Å². The molecule has 1 heterocycles. The lowest BCUT2D eigenvalue weighted by atomic mass is 10.2. The maximum Gasteiger partial charge on any atom is 0.338 e. The van der Waals surface area contributed by atoms with Gasteiger partial charge in [-0.25, -0.2) is 4.79 Å². The summed E-state index contributed by atoms with van der Waals surface area (Å²) in [6.07, 6.45) is 1.07. The van der Waals surface area contributed by atoms with Gasteiger partial charge in [-0.1, -0.05) is 6.07 Å². The van der Waals surface area contributed by atoms with Crippen molar-refractivity contribution in [2.24, 2.45) is 0 Å². The van der Waals surface area contributed by atoms with Crippen molar-refractivity contribution in [2.75, 3.05) is 13.0 Å². The average molecular weight is 373 g/mol. The first-order chi connectivity index (χ1) is 12.6. The van der Waals surface area contributed by atoms with E-state index in [-0.39, 0.29) is 12.7 Å². The Morgan fingerprint density at radius 1 is 1.15 bits per heavy atom. The minimum absolute atomic E-state index is 0.204. The quantitative estimate of drug-likeness (QED) is 0.620. The van der Waals surface area contributed by atoms with Crippen molar-refractivity contribution in [3.05, 3.63) is 53.6 Å². The molecule has 136 valence electrons. The smallest absolute Gasteiger partial charge is 0.338 e. The van der Waals surface area contributed by atoms with Crippen molar-refractivity contribution >= 4 is 23.6 Å². The molecule has 0 fully saturated rings. The van der Waals surface area contributed by atoms with E-state index >= 15 is 0 Å². The van der Waals surface area contributed by atoms with Crippen molar-refractivity contribution in [2.45, 2.75) is 24.5 Å². The van der Waals surface area contributed by atoms with Crippen molar-refractivity contribution in [3.63, 3.8) is 0 Å². The number of thioether (sulfide) groups is 1. The Hall–Kier alpha value is -2.67. The number of ether oxygens (including phenoxy) is 3. The van der Waals surface area contributed by atoms with E-state index in [0.29, 0.717) is 23.6 Å². The summed E-state index contributed by atoms with van der Waals surface area (Å²) < 4.78 is 15.8. The van der Waals surface area contributed by atoms with Crippen LogP contribution >= 0.6 is 11.8 Å². The normalized spacial score (nSPS) is 13.2. The fourth-order valence-corrected chi connectivity index (χ4v) is 2.80. The van der Waals surface area contributed by atoms with Crippen LogP contribution in [0.3, 0.4) is 0 Å². The second-order valence-corrected chi connectivity index (χ2v) is 6.56. The van der Waals surface area contributed by atoms with Crippen LogP contribution in [0.4, 0.5) is 0 Å². The van der Waals surface area contributed by atoms with Gasteiger partial charge in [-0.3, -0.25) is 4.79 Å². The Balaban J connectivity index is 1.51. The molecule has 1 amide bonds.